The van der Waals surface area contributed by atoms with Gasteiger partial charge in [0.2, 0.25) is 0 Å². The number of ether oxygens (including phenoxy) is 1. The zero-order chi connectivity index (χ0) is 22.6. The molecule has 162 valence electrons. The Labute approximate surface area is 190 Å². The number of benzene rings is 2. The quantitative estimate of drug-likeness (QED) is 0.310. The summed E-state index contributed by atoms with van der Waals surface area (Å²) in [6.07, 6.45) is 1.81. The van der Waals surface area contributed by atoms with Crippen molar-refractivity contribution in [1.29, 1.82) is 0 Å². The largest absolute Gasteiger partial charge is 0.424 e. The molecule has 5 aromatic rings. The summed E-state index contributed by atoms with van der Waals surface area (Å²) in [4.78, 5) is 22.5. The highest BCUT2D eigenvalue weighted by Gasteiger charge is 2.24. The van der Waals surface area contributed by atoms with Crippen LogP contribution in [0.1, 0.15) is 39.4 Å². The lowest BCUT2D eigenvalue weighted by Gasteiger charge is -2.12. The number of carbonyl (C=O) groups is 1. The van der Waals surface area contributed by atoms with Gasteiger partial charge in [-0.2, -0.15) is 0 Å². The van der Waals surface area contributed by atoms with Crippen molar-refractivity contribution in [2.24, 2.45) is 5.92 Å². The third-order valence-corrected chi connectivity index (χ3v) is 5.73. The van der Waals surface area contributed by atoms with E-state index in [1.54, 1.807) is 0 Å². The molecule has 3 aromatic heterocycles. The Morgan fingerprint density at radius 3 is 2.38 bits per heavy atom. The van der Waals surface area contributed by atoms with Crippen molar-refractivity contribution in [3.05, 3.63) is 65.6 Å². The standard InChI is InChI=1S/C25H23ClN4O2/c1-14(2)22-28-23-21(24-27-18-7-5-6-8-19(18)30(22)24)20(32-25(31)15(3)4)13-29(23)17-11-9-16(26)10-12-17/h5-15H,1-4H3. The van der Waals surface area contributed by atoms with Crippen LogP contribution < -0.4 is 4.74 Å². The number of carbonyl (C=O) groups excluding carboxylic acids is 1. The van der Waals surface area contributed by atoms with E-state index in [4.69, 9.17) is 26.3 Å². The Kier molecular flexibility index (Phi) is 4.90. The van der Waals surface area contributed by atoms with E-state index in [-0.39, 0.29) is 17.8 Å². The van der Waals surface area contributed by atoms with Crippen LogP contribution in [0, 0.1) is 5.92 Å². The molecule has 0 radical (unpaired) electrons. The maximum Gasteiger partial charge on any atom is 0.313 e. The van der Waals surface area contributed by atoms with E-state index in [1.807, 2.05) is 73.1 Å². The highest BCUT2D eigenvalue weighted by Crippen LogP contribution is 2.36. The number of rotatable bonds is 4. The summed E-state index contributed by atoms with van der Waals surface area (Å²) in [5, 5.41) is 1.35. The lowest BCUT2D eigenvalue weighted by molar-refractivity contribution is -0.137. The van der Waals surface area contributed by atoms with Gasteiger partial charge in [0, 0.05) is 16.6 Å². The minimum atomic E-state index is -0.303. The lowest BCUT2D eigenvalue weighted by atomic mass is 10.2. The summed E-state index contributed by atoms with van der Waals surface area (Å²) >= 11 is 6.11. The fraction of sp³-hybridized carbons (Fsp3) is 0.240. The van der Waals surface area contributed by atoms with Gasteiger partial charge in [-0.05, 0) is 36.4 Å². The highest BCUT2D eigenvalue weighted by atomic mass is 35.5. The lowest BCUT2D eigenvalue weighted by Crippen LogP contribution is -2.14. The molecule has 2 aromatic carbocycles. The summed E-state index contributed by atoms with van der Waals surface area (Å²) in [6.45, 7) is 7.85. The van der Waals surface area contributed by atoms with E-state index in [0.29, 0.717) is 21.8 Å². The zero-order valence-corrected chi connectivity index (χ0v) is 19.1. The van der Waals surface area contributed by atoms with Crippen molar-refractivity contribution in [2.75, 3.05) is 0 Å². The van der Waals surface area contributed by atoms with Gasteiger partial charge in [0.05, 0.1) is 23.1 Å². The molecule has 0 unspecified atom stereocenters. The van der Waals surface area contributed by atoms with Crippen molar-refractivity contribution in [3.8, 4) is 11.4 Å². The van der Waals surface area contributed by atoms with Gasteiger partial charge in [-0.3, -0.25) is 13.8 Å². The van der Waals surface area contributed by atoms with Crippen LogP contribution in [-0.2, 0) is 4.79 Å². The van der Waals surface area contributed by atoms with Crippen molar-refractivity contribution in [2.45, 2.75) is 33.6 Å². The normalized spacial score (nSPS) is 12.0. The van der Waals surface area contributed by atoms with Crippen LogP contribution in [-0.4, -0.2) is 24.9 Å². The molecule has 0 N–H and O–H groups in total. The SMILES string of the molecule is CC(C)C(=O)Oc1cn(-c2ccc(Cl)cc2)c2nc(C(C)C)n3c4ccccc4nc3c12. The van der Waals surface area contributed by atoms with Crippen molar-refractivity contribution < 1.29 is 9.53 Å². The Morgan fingerprint density at radius 1 is 0.969 bits per heavy atom. The van der Waals surface area contributed by atoms with Crippen molar-refractivity contribution in [3.63, 3.8) is 0 Å². The maximum atomic E-state index is 12.5. The molecule has 0 bridgehead atoms. The summed E-state index contributed by atoms with van der Waals surface area (Å²) in [5.41, 5.74) is 4.11. The molecule has 7 heteroatoms. The maximum absolute atomic E-state index is 12.5. The Balaban J connectivity index is 1.92. The second-order valence-electron chi connectivity index (χ2n) is 8.50. The van der Waals surface area contributed by atoms with Gasteiger partial charge in [-0.15, -0.1) is 0 Å². The van der Waals surface area contributed by atoms with Crippen molar-refractivity contribution in [1.82, 2.24) is 18.9 Å². The topological polar surface area (TPSA) is 61.4 Å². The van der Waals surface area contributed by atoms with Gasteiger partial charge in [0.1, 0.15) is 11.2 Å². The van der Waals surface area contributed by atoms with Crippen molar-refractivity contribution >= 4 is 45.3 Å². The van der Waals surface area contributed by atoms with Crippen LogP contribution in [0.4, 0.5) is 0 Å². The van der Waals surface area contributed by atoms with Gasteiger partial charge in [-0.1, -0.05) is 51.4 Å². The number of esters is 1. The minimum absolute atomic E-state index is 0.148. The van der Waals surface area contributed by atoms with Crippen LogP contribution in [0.3, 0.4) is 0 Å². The summed E-state index contributed by atoms with van der Waals surface area (Å²) in [7, 11) is 0. The Bertz CT molecular complexity index is 1480. The predicted molar refractivity (Wildman–Crippen MR) is 127 cm³/mol. The monoisotopic (exact) mass is 446 g/mol. The number of hydrogen-bond donors (Lipinski definition) is 0. The number of hydrogen-bond acceptors (Lipinski definition) is 4. The van der Waals surface area contributed by atoms with E-state index in [9.17, 15) is 4.79 Å². The molecule has 0 aliphatic heterocycles. The third-order valence-electron chi connectivity index (χ3n) is 5.48. The average molecular weight is 447 g/mol. The Morgan fingerprint density at radius 2 is 1.69 bits per heavy atom. The smallest absolute Gasteiger partial charge is 0.313 e. The fourth-order valence-corrected chi connectivity index (χ4v) is 3.99. The summed E-state index contributed by atoms with van der Waals surface area (Å²) in [6, 6.07) is 15.5. The average Bonchev–Trinajstić information content (AvgIpc) is 3.32. The second kappa shape index (κ2) is 7.64. The number of imidazole rings is 1. The molecule has 32 heavy (non-hydrogen) atoms. The van der Waals surface area contributed by atoms with E-state index in [0.717, 1.165) is 28.2 Å². The summed E-state index contributed by atoms with van der Waals surface area (Å²) in [5.74, 6) is 0.909. The number of nitrogens with zero attached hydrogens (tertiary/aromatic N) is 4. The number of fused-ring (bicyclic) bond motifs is 5. The van der Waals surface area contributed by atoms with Crippen LogP contribution in [0.5, 0.6) is 5.75 Å². The molecule has 0 aliphatic rings. The van der Waals surface area contributed by atoms with Gasteiger partial charge < -0.3 is 4.74 Å². The molecule has 0 spiro atoms. The molecule has 3 heterocycles. The van der Waals surface area contributed by atoms with Crippen LogP contribution >= 0.6 is 11.6 Å². The Hall–Kier alpha value is -3.38. The zero-order valence-electron chi connectivity index (χ0n) is 18.3. The first-order valence-corrected chi connectivity index (χ1v) is 11.0. The van der Waals surface area contributed by atoms with Crippen LogP contribution in [0.15, 0.2) is 54.7 Å². The molecular weight excluding hydrogens is 424 g/mol. The van der Waals surface area contributed by atoms with E-state index in [2.05, 4.69) is 18.2 Å². The third kappa shape index (κ3) is 3.22. The first-order chi connectivity index (χ1) is 15.3. The van der Waals surface area contributed by atoms with E-state index in [1.165, 1.54) is 0 Å². The molecule has 0 saturated carbocycles. The van der Waals surface area contributed by atoms with E-state index >= 15 is 0 Å². The second-order valence-corrected chi connectivity index (χ2v) is 8.93. The minimum Gasteiger partial charge on any atom is -0.424 e. The van der Waals surface area contributed by atoms with Crippen LogP contribution in [0.2, 0.25) is 5.02 Å². The number of aromatic nitrogens is 4. The predicted octanol–water partition coefficient (Wildman–Crippen LogP) is 6.16. The highest BCUT2D eigenvalue weighted by molar-refractivity contribution is 6.30. The fourth-order valence-electron chi connectivity index (χ4n) is 3.87. The van der Waals surface area contributed by atoms with Gasteiger partial charge >= 0.3 is 5.97 Å². The van der Waals surface area contributed by atoms with Gasteiger partial charge in [-0.25, -0.2) is 9.97 Å². The molecule has 6 nitrogen and oxygen atoms in total. The summed E-state index contributed by atoms with van der Waals surface area (Å²) < 4.78 is 9.84. The molecule has 5 rings (SSSR count). The number of para-hydroxylation sites is 2. The molecule has 0 fully saturated rings. The molecular formula is C25H23ClN4O2. The van der Waals surface area contributed by atoms with E-state index < -0.39 is 0 Å². The molecule has 0 atom stereocenters. The first kappa shape index (κ1) is 20.5. The van der Waals surface area contributed by atoms with Gasteiger partial charge in [0.25, 0.3) is 0 Å². The van der Waals surface area contributed by atoms with Crippen LogP contribution in [0.25, 0.3) is 33.4 Å². The van der Waals surface area contributed by atoms with Gasteiger partial charge in [0.15, 0.2) is 17.0 Å². The first-order valence-electron chi connectivity index (χ1n) is 10.6. The molecule has 0 aliphatic carbocycles. The molecule has 0 amide bonds. The molecule has 0 saturated heterocycles. The number of halogens is 1.